The number of halogens is 3. The molecule has 0 saturated heterocycles. The first-order valence-corrected chi connectivity index (χ1v) is 8.82. The molecule has 1 aliphatic rings. The van der Waals surface area contributed by atoms with Crippen molar-refractivity contribution < 1.29 is 32.2 Å². The Morgan fingerprint density at radius 1 is 1.28 bits per heavy atom. The molecule has 0 spiro atoms. The fraction of sp³-hybridized carbons (Fsp3) is 0.667. The minimum absolute atomic E-state index is 0.229. The predicted molar refractivity (Wildman–Crippen MR) is 83.1 cm³/mol. The van der Waals surface area contributed by atoms with Crippen LogP contribution in [0.25, 0.3) is 0 Å². The van der Waals surface area contributed by atoms with Gasteiger partial charge in [-0.2, -0.15) is 13.2 Å². The number of rotatable bonds is 6. The number of aryl methyl sites for hydroxylation is 1. The molecule has 1 aromatic heterocycles. The zero-order valence-corrected chi connectivity index (χ0v) is 14.2. The normalized spacial score (nSPS) is 20.8. The number of nitrogens with zero attached hydrogens (tertiary/aromatic N) is 1. The number of aromatic nitrogens is 1. The fourth-order valence-electron chi connectivity index (χ4n) is 2.52. The largest absolute Gasteiger partial charge is 0.462 e. The Hall–Kier alpha value is -1.84. The Kier molecular flexibility index (Phi) is 7.03. The van der Waals surface area contributed by atoms with E-state index in [4.69, 9.17) is 4.74 Å². The van der Waals surface area contributed by atoms with Gasteiger partial charge in [-0.1, -0.05) is 0 Å². The van der Waals surface area contributed by atoms with E-state index in [1.807, 2.05) is 5.38 Å². The second-order valence-corrected chi connectivity index (χ2v) is 6.50. The summed E-state index contributed by atoms with van der Waals surface area (Å²) in [7, 11) is 0. The van der Waals surface area contributed by atoms with Crippen molar-refractivity contribution in [1.82, 2.24) is 10.3 Å². The molecule has 2 rings (SSSR count). The number of alkyl halides is 3. The molecule has 1 fully saturated rings. The molecule has 0 atom stereocenters. The van der Waals surface area contributed by atoms with E-state index in [0.29, 0.717) is 32.1 Å². The predicted octanol–water partition coefficient (Wildman–Crippen LogP) is 3.22. The van der Waals surface area contributed by atoms with Gasteiger partial charge in [0.05, 0.1) is 17.6 Å². The van der Waals surface area contributed by atoms with Crippen LogP contribution in [0, 0.1) is 0 Å². The highest BCUT2D eigenvalue weighted by Gasteiger charge is 2.31. The number of amides is 1. The molecule has 1 aromatic rings. The van der Waals surface area contributed by atoms with E-state index < -0.39 is 18.9 Å². The summed E-state index contributed by atoms with van der Waals surface area (Å²) < 4.78 is 45.4. The van der Waals surface area contributed by atoms with Crippen LogP contribution >= 0.6 is 11.3 Å². The lowest BCUT2D eigenvalue weighted by Gasteiger charge is -2.28. The van der Waals surface area contributed by atoms with E-state index in [-0.39, 0.29) is 24.5 Å². The van der Waals surface area contributed by atoms with Gasteiger partial charge in [0, 0.05) is 17.8 Å². The van der Waals surface area contributed by atoms with Crippen molar-refractivity contribution in [3.63, 3.8) is 0 Å². The quantitative estimate of drug-likeness (QED) is 0.767. The van der Waals surface area contributed by atoms with E-state index in [1.165, 1.54) is 11.3 Å². The average molecular weight is 380 g/mol. The Bertz CT molecular complexity index is 558. The molecule has 1 amide bonds. The van der Waals surface area contributed by atoms with Crippen molar-refractivity contribution in [1.29, 1.82) is 0 Å². The minimum atomic E-state index is -4.54. The zero-order chi connectivity index (χ0) is 18.3. The van der Waals surface area contributed by atoms with Gasteiger partial charge in [0.15, 0.2) is 6.61 Å². The molecule has 0 unspecified atom stereocenters. The molecular weight excluding hydrogens is 361 g/mol. The summed E-state index contributed by atoms with van der Waals surface area (Å²) in [4.78, 5) is 27.2. The maximum absolute atomic E-state index is 12.0. The van der Waals surface area contributed by atoms with Gasteiger partial charge in [-0.05, 0) is 25.7 Å². The van der Waals surface area contributed by atoms with Gasteiger partial charge in [0.1, 0.15) is 6.10 Å². The highest BCUT2D eigenvalue weighted by atomic mass is 32.1. The van der Waals surface area contributed by atoms with Gasteiger partial charge in [0.25, 0.3) is 0 Å². The average Bonchev–Trinajstić information content (AvgIpc) is 3.06. The zero-order valence-electron chi connectivity index (χ0n) is 13.4. The summed E-state index contributed by atoms with van der Waals surface area (Å²) in [5.74, 6) is -0.297. The van der Waals surface area contributed by atoms with E-state index in [1.54, 1.807) is 5.51 Å². The summed E-state index contributed by atoms with van der Waals surface area (Å²) >= 11 is 1.47. The minimum Gasteiger partial charge on any atom is -0.462 e. The topological polar surface area (TPSA) is 77.5 Å². The third kappa shape index (κ3) is 7.72. The van der Waals surface area contributed by atoms with Crippen LogP contribution in [0.5, 0.6) is 0 Å². The molecule has 1 N–H and O–H groups in total. The van der Waals surface area contributed by atoms with Crippen molar-refractivity contribution in [3.8, 4) is 0 Å². The van der Waals surface area contributed by atoms with Crippen molar-refractivity contribution >= 4 is 23.4 Å². The molecule has 1 heterocycles. The van der Waals surface area contributed by atoms with Crippen LogP contribution < -0.4 is 5.32 Å². The monoisotopic (exact) mass is 380 g/mol. The fourth-order valence-corrected chi connectivity index (χ4v) is 3.11. The number of nitrogens with one attached hydrogen (secondary N) is 1. The van der Waals surface area contributed by atoms with Crippen LogP contribution in [0.1, 0.15) is 37.8 Å². The lowest BCUT2D eigenvalue weighted by atomic mass is 9.93. The maximum atomic E-state index is 12.0. The van der Waals surface area contributed by atoms with Crippen molar-refractivity contribution in [3.05, 3.63) is 16.6 Å². The van der Waals surface area contributed by atoms with Crippen LogP contribution in [-0.2, 0) is 20.7 Å². The number of ether oxygens (including phenoxy) is 2. The Labute approximate surface area is 146 Å². The molecule has 25 heavy (non-hydrogen) atoms. The van der Waals surface area contributed by atoms with Crippen LogP contribution in [0.2, 0.25) is 0 Å². The first-order chi connectivity index (χ1) is 11.8. The molecule has 0 radical (unpaired) electrons. The van der Waals surface area contributed by atoms with Crippen LogP contribution in [0.15, 0.2) is 10.9 Å². The number of hydrogen-bond acceptors (Lipinski definition) is 6. The van der Waals surface area contributed by atoms with Gasteiger partial charge in [-0.25, -0.2) is 9.78 Å². The van der Waals surface area contributed by atoms with Crippen LogP contribution in [0.3, 0.4) is 0 Å². The van der Waals surface area contributed by atoms with Gasteiger partial charge in [0.2, 0.25) is 0 Å². The second kappa shape index (κ2) is 9.02. The Balaban J connectivity index is 1.60. The summed E-state index contributed by atoms with van der Waals surface area (Å²) in [6.45, 7) is -1.61. The van der Waals surface area contributed by atoms with E-state index in [0.717, 1.165) is 5.69 Å². The SMILES string of the molecule is O=C(CCc1cscn1)OC1CCC(NC(=O)OCC(F)(F)F)CC1. The standard InChI is InChI=1S/C15H19F3N2O4S/c16-15(17,18)8-23-14(22)20-10-1-4-12(5-2-10)24-13(21)6-3-11-7-25-9-19-11/h7,9-10,12H,1-6,8H2,(H,20,22). The molecule has 140 valence electrons. The molecule has 0 aliphatic heterocycles. The molecule has 1 aliphatic carbocycles. The van der Waals surface area contributed by atoms with E-state index >= 15 is 0 Å². The summed E-state index contributed by atoms with van der Waals surface area (Å²) in [5.41, 5.74) is 2.56. The first kappa shape index (κ1) is 19.5. The van der Waals surface area contributed by atoms with Gasteiger partial charge in [-0.15, -0.1) is 11.3 Å². The highest BCUT2D eigenvalue weighted by molar-refractivity contribution is 7.07. The van der Waals surface area contributed by atoms with Crippen molar-refractivity contribution in [2.45, 2.75) is 56.8 Å². The summed E-state index contributed by atoms with van der Waals surface area (Å²) in [6, 6.07) is -0.273. The molecule has 1 saturated carbocycles. The van der Waals surface area contributed by atoms with Crippen molar-refractivity contribution in [2.75, 3.05) is 6.61 Å². The van der Waals surface area contributed by atoms with Gasteiger partial charge < -0.3 is 14.8 Å². The molecule has 0 aromatic carbocycles. The first-order valence-electron chi connectivity index (χ1n) is 7.88. The molecular formula is C15H19F3N2O4S. The lowest BCUT2D eigenvalue weighted by Crippen LogP contribution is -2.40. The molecule has 6 nitrogen and oxygen atoms in total. The van der Waals surface area contributed by atoms with Crippen LogP contribution in [-0.4, -0.2) is 42.0 Å². The summed E-state index contributed by atoms with van der Waals surface area (Å²) in [6.07, 6.45) is -2.93. The number of carbonyl (C=O) groups is 2. The van der Waals surface area contributed by atoms with E-state index in [2.05, 4.69) is 15.0 Å². The lowest BCUT2D eigenvalue weighted by molar-refractivity contribution is -0.160. The van der Waals surface area contributed by atoms with Gasteiger partial charge in [-0.3, -0.25) is 4.79 Å². The number of alkyl carbamates (subject to hydrolysis) is 1. The third-order valence-corrected chi connectivity index (χ3v) is 4.37. The number of esters is 1. The Morgan fingerprint density at radius 2 is 2.00 bits per heavy atom. The number of carbonyl (C=O) groups excluding carboxylic acids is 2. The number of hydrogen-bond donors (Lipinski definition) is 1. The Morgan fingerprint density at radius 3 is 2.60 bits per heavy atom. The highest BCUT2D eigenvalue weighted by Crippen LogP contribution is 2.22. The third-order valence-electron chi connectivity index (χ3n) is 3.73. The van der Waals surface area contributed by atoms with Gasteiger partial charge >= 0.3 is 18.2 Å². The smallest absolute Gasteiger partial charge is 0.422 e. The molecule has 10 heteroatoms. The summed E-state index contributed by atoms with van der Waals surface area (Å²) in [5, 5.41) is 4.28. The molecule has 0 bridgehead atoms. The van der Waals surface area contributed by atoms with E-state index in [9.17, 15) is 22.8 Å². The maximum Gasteiger partial charge on any atom is 0.422 e. The second-order valence-electron chi connectivity index (χ2n) is 5.78. The van der Waals surface area contributed by atoms with Crippen LogP contribution in [0.4, 0.5) is 18.0 Å². The van der Waals surface area contributed by atoms with Crippen molar-refractivity contribution in [2.24, 2.45) is 0 Å². The number of thiazole rings is 1.